The molecule has 0 saturated heterocycles. The fourth-order valence-corrected chi connectivity index (χ4v) is 2.72. The summed E-state index contributed by atoms with van der Waals surface area (Å²) in [6.45, 7) is 6.18. The number of aryl methyl sites for hydroxylation is 1. The van der Waals surface area contributed by atoms with Crippen LogP contribution < -0.4 is 5.73 Å². The second-order valence-corrected chi connectivity index (χ2v) is 6.10. The fraction of sp³-hybridized carbons (Fsp3) is 0.267. The Labute approximate surface area is 127 Å². The highest BCUT2D eigenvalue weighted by Crippen LogP contribution is 2.29. The van der Waals surface area contributed by atoms with Gasteiger partial charge in [-0.05, 0) is 37.1 Å². The second kappa shape index (κ2) is 5.37. The molecule has 6 heteroatoms. The van der Waals surface area contributed by atoms with Crippen molar-refractivity contribution >= 4 is 28.5 Å². The molecule has 2 aromatic heterocycles. The van der Waals surface area contributed by atoms with Crippen LogP contribution in [0.5, 0.6) is 0 Å². The second-order valence-electron chi connectivity index (χ2n) is 5.18. The van der Waals surface area contributed by atoms with Crippen LogP contribution in [0.2, 0.25) is 0 Å². The largest absolute Gasteiger partial charge is 0.431 e. The van der Waals surface area contributed by atoms with Crippen molar-refractivity contribution in [3.8, 4) is 0 Å². The molecule has 5 nitrogen and oxygen atoms in total. The van der Waals surface area contributed by atoms with Gasteiger partial charge in [-0.15, -0.1) is 0 Å². The van der Waals surface area contributed by atoms with E-state index in [1.54, 1.807) is 12.1 Å². The molecule has 0 aliphatic rings. The van der Waals surface area contributed by atoms with Crippen molar-refractivity contribution < 1.29 is 4.42 Å². The van der Waals surface area contributed by atoms with Crippen molar-refractivity contribution in [1.82, 2.24) is 15.0 Å². The molecule has 0 fully saturated rings. The van der Waals surface area contributed by atoms with Gasteiger partial charge in [0.15, 0.2) is 10.7 Å². The van der Waals surface area contributed by atoms with E-state index in [0.29, 0.717) is 27.6 Å². The van der Waals surface area contributed by atoms with Gasteiger partial charge in [0.2, 0.25) is 0 Å². The Morgan fingerprint density at radius 2 is 1.95 bits per heavy atom. The zero-order valence-electron chi connectivity index (χ0n) is 12.1. The summed E-state index contributed by atoms with van der Waals surface area (Å²) in [7, 11) is 0. The number of hydrogen-bond acceptors (Lipinski definition) is 6. The molecule has 3 rings (SSSR count). The Kier molecular flexibility index (Phi) is 3.55. The van der Waals surface area contributed by atoms with Crippen LogP contribution in [0.4, 0.5) is 5.69 Å². The van der Waals surface area contributed by atoms with Crippen LogP contribution in [-0.4, -0.2) is 15.0 Å². The number of anilines is 1. The topological polar surface area (TPSA) is 77.8 Å². The first-order chi connectivity index (χ1) is 10.0. The monoisotopic (exact) mass is 300 g/mol. The number of aromatic nitrogens is 3. The van der Waals surface area contributed by atoms with E-state index in [1.165, 1.54) is 11.8 Å². The molecule has 0 aliphatic heterocycles. The maximum absolute atomic E-state index is 5.75. The Morgan fingerprint density at radius 1 is 1.14 bits per heavy atom. The van der Waals surface area contributed by atoms with Gasteiger partial charge < -0.3 is 10.2 Å². The van der Waals surface area contributed by atoms with E-state index in [2.05, 4.69) is 28.8 Å². The molecule has 21 heavy (non-hydrogen) atoms. The number of rotatable bonds is 3. The molecule has 2 N–H and O–H groups in total. The molecule has 0 unspecified atom stereocenters. The zero-order chi connectivity index (χ0) is 15.0. The van der Waals surface area contributed by atoms with Gasteiger partial charge in [0, 0.05) is 28.8 Å². The average Bonchev–Trinajstić information content (AvgIpc) is 2.79. The van der Waals surface area contributed by atoms with E-state index in [4.69, 9.17) is 10.2 Å². The maximum Gasteiger partial charge on any atom is 0.264 e. The smallest absolute Gasteiger partial charge is 0.264 e. The van der Waals surface area contributed by atoms with E-state index in [0.717, 1.165) is 16.9 Å². The Balaban J connectivity index is 1.94. The van der Waals surface area contributed by atoms with Gasteiger partial charge in [-0.25, -0.2) is 15.0 Å². The summed E-state index contributed by atoms with van der Waals surface area (Å²) in [4.78, 5) is 13.4. The summed E-state index contributed by atoms with van der Waals surface area (Å²) in [6, 6.07) is 7.40. The zero-order valence-corrected chi connectivity index (χ0v) is 12.9. The number of nitrogens with zero attached hydrogens (tertiary/aromatic N) is 3. The molecule has 0 amide bonds. The first kappa shape index (κ1) is 13.9. The predicted molar refractivity (Wildman–Crippen MR) is 83.4 cm³/mol. The SMILES string of the molecule is Cc1cc(C(C)C)nc(Sc2nc3cc(N)ccc3o2)n1. The number of fused-ring (bicyclic) bond motifs is 1. The fourth-order valence-electron chi connectivity index (χ4n) is 1.95. The van der Waals surface area contributed by atoms with Crippen LogP contribution in [0, 0.1) is 6.92 Å². The first-order valence-corrected chi connectivity index (χ1v) is 7.52. The van der Waals surface area contributed by atoms with Crippen molar-refractivity contribution in [3.63, 3.8) is 0 Å². The van der Waals surface area contributed by atoms with Gasteiger partial charge >= 0.3 is 0 Å². The van der Waals surface area contributed by atoms with E-state index >= 15 is 0 Å². The quantitative estimate of drug-likeness (QED) is 0.586. The molecule has 1 aromatic carbocycles. The summed E-state index contributed by atoms with van der Waals surface area (Å²) in [6.07, 6.45) is 0. The number of nitrogens with two attached hydrogens (primary N) is 1. The van der Waals surface area contributed by atoms with E-state index in [1.807, 2.05) is 19.1 Å². The van der Waals surface area contributed by atoms with Crippen molar-refractivity contribution in [2.75, 3.05) is 5.73 Å². The third-order valence-electron chi connectivity index (χ3n) is 3.02. The molecule has 0 atom stereocenters. The number of oxazole rings is 1. The summed E-state index contributed by atoms with van der Waals surface area (Å²) in [5, 5.41) is 1.18. The molecular weight excluding hydrogens is 284 g/mol. The van der Waals surface area contributed by atoms with E-state index < -0.39 is 0 Å². The lowest BCUT2D eigenvalue weighted by Crippen LogP contribution is -1.98. The van der Waals surface area contributed by atoms with Gasteiger partial charge in [-0.2, -0.15) is 0 Å². The van der Waals surface area contributed by atoms with Crippen LogP contribution in [0.25, 0.3) is 11.1 Å². The third-order valence-corrected chi connectivity index (χ3v) is 3.73. The number of benzene rings is 1. The lowest BCUT2D eigenvalue weighted by molar-refractivity contribution is 0.488. The minimum atomic E-state index is 0.356. The van der Waals surface area contributed by atoms with Gasteiger partial charge in [-0.3, -0.25) is 0 Å². The summed E-state index contributed by atoms with van der Waals surface area (Å²) < 4.78 is 5.68. The Morgan fingerprint density at radius 3 is 2.71 bits per heavy atom. The molecule has 0 aliphatic carbocycles. The van der Waals surface area contributed by atoms with E-state index in [-0.39, 0.29) is 0 Å². The maximum atomic E-state index is 5.75. The summed E-state index contributed by atoms with van der Waals surface area (Å²) in [5.41, 5.74) is 9.83. The standard InChI is InChI=1S/C15H16N4OS/c1-8(2)11-6-9(3)17-14(18-11)21-15-19-12-7-10(16)4-5-13(12)20-15/h4-8H,16H2,1-3H3. The van der Waals surface area contributed by atoms with Crippen LogP contribution in [0.3, 0.4) is 0 Å². The predicted octanol–water partition coefficient (Wildman–Crippen LogP) is 3.78. The molecule has 3 aromatic rings. The molecule has 0 saturated carbocycles. The molecular formula is C15H16N4OS. The molecule has 108 valence electrons. The minimum absolute atomic E-state index is 0.356. The lowest BCUT2D eigenvalue weighted by Gasteiger charge is -2.06. The van der Waals surface area contributed by atoms with Crippen molar-refractivity contribution in [2.24, 2.45) is 0 Å². The Hall–Kier alpha value is -2.08. The first-order valence-electron chi connectivity index (χ1n) is 6.71. The lowest BCUT2D eigenvalue weighted by atomic mass is 10.1. The number of hydrogen-bond donors (Lipinski definition) is 1. The molecule has 0 radical (unpaired) electrons. The van der Waals surface area contributed by atoms with Crippen molar-refractivity contribution in [3.05, 3.63) is 35.7 Å². The third kappa shape index (κ3) is 3.00. The summed E-state index contributed by atoms with van der Waals surface area (Å²) >= 11 is 1.32. The highest BCUT2D eigenvalue weighted by molar-refractivity contribution is 7.98. The highest BCUT2D eigenvalue weighted by Gasteiger charge is 2.12. The minimum Gasteiger partial charge on any atom is -0.431 e. The Bertz CT molecular complexity index is 797. The normalized spacial score (nSPS) is 11.4. The van der Waals surface area contributed by atoms with Gasteiger partial charge in [0.25, 0.3) is 5.22 Å². The van der Waals surface area contributed by atoms with Crippen LogP contribution >= 0.6 is 11.8 Å². The van der Waals surface area contributed by atoms with Gasteiger partial charge in [0.1, 0.15) is 5.52 Å². The molecule has 2 heterocycles. The molecule has 0 bridgehead atoms. The van der Waals surface area contributed by atoms with E-state index in [9.17, 15) is 0 Å². The number of nitrogen functional groups attached to an aromatic ring is 1. The van der Waals surface area contributed by atoms with Crippen molar-refractivity contribution in [2.45, 2.75) is 37.1 Å². The average molecular weight is 300 g/mol. The van der Waals surface area contributed by atoms with Crippen molar-refractivity contribution in [1.29, 1.82) is 0 Å². The highest BCUT2D eigenvalue weighted by atomic mass is 32.2. The van der Waals surface area contributed by atoms with Crippen LogP contribution in [-0.2, 0) is 0 Å². The summed E-state index contributed by atoms with van der Waals surface area (Å²) in [5.74, 6) is 0.356. The van der Waals surface area contributed by atoms with Gasteiger partial charge in [0.05, 0.1) is 0 Å². The van der Waals surface area contributed by atoms with Crippen LogP contribution in [0.1, 0.15) is 31.2 Å². The van der Waals surface area contributed by atoms with Crippen LogP contribution in [0.15, 0.2) is 39.1 Å². The molecule has 0 spiro atoms. The van der Waals surface area contributed by atoms with Gasteiger partial charge in [-0.1, -0.05) is 13.8 Å².